The van der Waals surface area contributed by atoms with Crippen molar-refractivity contribution in [2.24, 2.45) is 28.6 Å². The summed E-state index contributed by atoms with van der Waals surface area (Å²) in [5.41, 5.74) is -1.48. The van der Waals surface area contributed by atoms with E-state index in [0.29, 0.717) is 12.3 Å². The number of hydrogen-bond acceptors (Lipinski definition) is 6. The molecular formula is C25H34O7. The Balaban J connectivity index is 1.56. The normalized spacial score (nSPS) is 47.8. The number of hydrogen-bond donors (Lipinski definition) is 3. The zero-order chi connectivity index (χ0) is 22.9. The van der Waals surface area contributed by atoms with Crippen LogP contribution in [0.25, 0.3) is 0 Å². The molecular weight excluding hydrogens is 412 g/mol. The van der Waals surface area contributed by atoms with Gasteiger partial charge in [0.25, 0.3) is 0 Å². The summed E-state index contributed by atoms with van der Waals surface area (Å²) in [7, 11) is 0. The van der Waals surface area contributed by atoms with E-state index in [2.05, 4.69) is 13.8 Å². The first-order valence-electron chi connectivity index (χ1n) is 12.0. The summed E-state index contributed by atoms with van der Waals surface area (Å²) in [6, 6.07) is 3.12. The second-order valence-electron chi connectivity index (χ2n) is 11.3. The lowest BCUT2D eigenvalue weighted by atomic mass is 9.43. The maximum Gasteiger partial charge on any atom is 0.506 e. The highest BCUT2D eigenvalue weighted by Gasteiger charge is 2.72. The maximum atomic E-state index is 12.5. The third-order valence-corrected chi connectivity index (χ3v) is 10.2. The van der Waals surface area contributed by atoms with Gasteiger partial charge < -0.3 is 24.5 Å². The molecule has 4 saturated carbocycles. The van der Waals surface area contributed by atoms with Crippen molar-refractivity contribution in [1.29, 1.82) is 0 Å². The predicted molar refractivity (Wildman–Crippen MR) is 115 cm³/mol. The van der Waals surface area contributed by atoms with Crippen LogP contribution in [0.4, 0.5) is 4.79 Å². The lowest BCUT2D eigenvalue weighted by Crippen LogP contribution is -2.65. The van der Waals surface area contributed by atoms with Crippen LogP contribution in [-0.2, 0) is 4.74 Å². The Morgan fingerprint density at radius 3 is 2.56 bits per heavy atom. The van der Waals surface area contributed by atoms with Crippen LogP contribution in [0, 0.1) is 28.6 Å². The molecule has 0 aliphatic heterocycles. The maximum absolute atomic E-state index is 12.5. The molecule has 5 rings (SSSR count). The van der Waals surface area contributed by atoms with E-state index in [4.69, 9.17) is 9.15 Å². The second-order valence-corrected chi connectivity index (χ2v) is 11.3. The van der Waals surface area contributed by atoms with Crippen LogP contribution in [-0.4, -0.2) is 39.3 Å². The van der Waals surface area contributed by atoms with Crippen LogP contribution < -0.4 is 5.63 Å². The van der Waals surface area contributed by atoms with Gasteiger partial charge in [-0.15, -0.1) is 0 Å². The molecule has 7 heteroatoms. The molecule has 1 heterocycles. The summed E-state index contributed by atoms with van der Waals surface area (Å²) in [5.74, 6) is 0.461. The quantitative estimate of drug-likeness (QED) is 0.590. The number of carboxylic acid groups (broad SMARTS) is 1. The van der Waals surface area contributed by atoms with Gasteiger partial charge in [-0.25, -0.2) is 9.59 Å². The molecule has 4 unspecified atom stereocenters. The van der Waals surface area contributed by atoms with E-state index in [-0.39, 0.29) is 29.3 Å². The summed E-state index contributed by atoms with van der Waals surface area (Å²) >= 11 is 0. The molecule has 4 aliphatic carbocycles. The van der Waals surface area contributed by atoms with Gasteiger partial charge in [0, 0.05) is 11.5 Å². The van der Waals surface area contributed by atoms with Crippen molar-refractivity contribution in [3.63, 3.8) is 0 Å². The molecule has 9 atom stereocenters. The van der Waals surface area contributed by atoms with Gasteiger partial charge in [-0.1, -0.05) is 13.8 Å². The van der Waals surface area contributed by atoms with E-state index in [9.17, 15) is 24.9 Å². The Morgan fingerprint density at radius 1 is 1.09 bits per heavy atom. The van der Waals surface area contributed by atoms with Crippen LogP contribution in [0.2, 0.25) is 0 Å². The van der Waals surface area contributed by atoms with Crippen LogP contribution in [0.5, 0.6) is 0 Å². The summed E-state index contributed by atoms with van der Waals surface area (Å²) in [5, 5.41) is 32.2. The number of fused-ring (bicyclic) bond motifs is 5. The smallest absolute Gasteiger partial charge is 0.450 e. The van der Waals surface area contributed by atoms with Gasteiger partial charge in [-0.2, -0.15) is 0 Å². The van der Waals surface area contributed by atoms with E-state index in [1.165, 1.54) is 12.3 Å². The summed E-state index contributed by atoms with van der Waals surface area (Å²) in [6.45, 7) is 4.38. The molecule has 4 fully saturated rings. The molecule has 0 saturated heterocycles. The molecule has 32 heavy (non-hydrogen) atoms. The Hall–Kier alpha value is -1.86. The first-order chi connectivity index (χ1) is 15.1. The standard InChI is InChI=1S/C25H34O7/c1-23-9-7-16(26)11-15(23)4-5-18-17(23)8-10-24(2)19(14-3-6-21(27)31-13-14)12-20(25(18,24)30)32-22(28)29/h3,6,13,15-20,26,30H,4-5,7-12H2,1-2H3,(H,28,29)/t15-,16+,17?,18?,19?,20?,23+,24-,25-/m1/s1. The lowest BCUT2D eigenvalue weighted by molar-refractivity contribution is -0.234. The largest absolute Gasteiger partial charge is 0.506 e. The van der Waals surface area contributed by atoms with Gasteiger partial charge in [0.1, 0.15) is 11.7 Å². The van der Waals surface area contributed by atoms with E-state index >= 15 is 0 Å². The molecule has 4 aliphatic rings. The molecule has 0 bridgehead atoms. The van der Waals surface area contributed by atoms with Crippen LogP contribution >= 0.6 is 0 Å². The molecule has 0 aromatic carbocycles. The second kappa shape index (κ2) is 7.32. The third kappa shape index (κ3) is 2.93. The van der Waals surface area contributed by atoms with Gasteiger partial charge in [-0.05, 0) is 92.1 Å². The number of aliphatic hydroxyl groups excluding tert-OH is 1. The number of carbonyl (C=O) groups is 1. The first kappa shape index (κ1) is 22.0. The highest BCUT2D eigenvalue weighted by Crippen LogP contribution is 2.71. The van der Waals surface area contributed by atoms with Gasteiger partial charge in [0.2, 0.25) is 0 Å². The minimum atomic E-state index is -1.37. The van der Waals surface area contributed by atoms with Crippen molar-refractivity contribution < 1.29 is 29.3 Å². The first-order valence-corrected chi connectivity index (χ1v) is 12.0. The van der Waals surface area contributed by atoms with Gasteiger partial charge in [-0.3, -0.25) is 0 Å². The van der Waals surface area contributed by atoms with E-state index < -0.39 is 28.9 Å². The van der Waals surface area contributed by atoms with Crippen molar-refractivity contribution in [2.75, 3.05) is 0 Å². The van der Waals surface area contributed by atoms with E-state index in [1.54, 1.807) is 6.07 Å². The molecule has 1 aromatic heterocycles. The van der Waals surface area contributed by atoms with Crippen molar-refractivity contribution >= 4 is 6.16 Å². The topological polar surface area (TPSA) is 117 Å². The zero-order valence-corrected chi connectivity index (χ0v) is 18.8. The molecule has 0 amide bonds. The molecule has 3 N–H and O–H groups in total. The summed E-state index contributed by atoms with van der Waals surface area (Å²) in [6.07, 6.45) is 5.36. The molecule has 0 spiro atoms. The van der Waals surface area contributed by atoms with Crippen LogP contribution in [0.3, 0.4) is 0 Å². The van der Waals surface area contributed by atoms with Crippen LogP contribution in [0.1, 0.15) is 76.7 Å². The average Bonchev–Trinajstić information content (AvgIpc) is 2.96. The van der Waals surface area contributed by atoms with E-state index in [0.717, 1.165) is 50.5 Å². The van der Waals surface area contributed by atoms with Gasteiger partial charge in [0.05, 0.1) is 12.4 Å². The number of rotatable bonds is 2. The summed E-state index contributed by atoms with van der Waals surface area (Å²) in [4.78, 5) is 23.1. The molecule has 7 nitrogen and oxygen atoms in total. The Kier molecular flexibility index (Phi) is 5.02. The monoisotopic (exact) mass is 446 g/mol. The highest BCUT2D eigenvalue weighted by atomic mass is 16.7. The van der Waals surface area contributed by atoms with Crippen molar-refractivity contribution in [2.45, 2.75) is 88.9 Å². The molecule has 176 valence electrons. The van der Waals surface area contributed by atoms with Crippen molar-refractivity contribution in [1.82, 2.24) is 0 Å². The van der Waals surface area contributed by atoms with Crippen molar-refractivity contribution in [3.8, 4) is 0 Å². The fourth-order valence-corrected chi connectivity index (χ4v) is 8.56. The predicted octanol–water partition coefficient (Wildman–Crippen LogP) is 3.92. The lowest BCUT2D eigenvalue weighted by Gasteiger charge is -2.64. The highest BCUT2D eigenvalue weighted by molar-refractivity contribution is 5.57. The minimum Gasteiger partial charge on any atom is -0.450 e. The Labute approximate surface area is 187 Å². The number of aliphatic hydroxyl groups is 2. The van der Waals surface area contributed by atoms with Gasteiger partial charge in [0.15, 0.2) is 0 Å². The Morgan fingerprint density at radius 2 is 1.88 bits per heavy atom. The molecule has 0 radical (unpaired) electrons. The zero-order valence-electron chi connectivity index (χ0n) is 18.8. The summed E-state index contributed by atoms with van der Waals surface area (Å²) < 4.78 is 10.5. The average molecular weight is 447 g/mol. The number of ether oxygens (including phenoxy) is 1. The molecule has 1 aromatic rings. The van der Waals surface area contributed by atoms with Crippen molar-refractivity contribution in [3.05, 3.63) is 34.4 Å². The Bertz CT molecular complexity index is 937. The minimum absolute atomic E-state index is 0.0323. The SMILES string of the molecule is C[C@]12CC[C@H](O)C[C@H]1CCC1C2CC[C@]2(C)C(c3ccc(=O)oc3)CC(OC(=O)O)[C@]12O. The fourth-order valence-electron chi connectivity index (χ4n) is 8.56. The third-order valence-electron chi connectivity index (χ3n) is 10.2. The fraction of sp³-hybridized carbons (Fsp3) is 0.760. The van der Waals surface area contributed by atoms with E-state index in [1.807, 2.05) is 0 Å². The van der Waals surface area contributed by atoms with Crippen LogP contribution in [0.15, 0.2) is 27.6 Å². The van der Waals surface area contributed by atoms with Gasteiger partial charge >= 0.3 is 11.8 Å².